The highest BCUT2D eigenvalue weighted by molar-refractivity contribution is 7.11. The van der Waals surface area contributed by atoms with Crippen molar-refractivity contribution in [3.05, 3.63) is 17.0 Å². The summed E-state index contributed by atoms with van der Waals surface area (Å²) in [7, 11) is 0. The Morgan fingerprint density at radius 2 is 2.33 bits per heavy atom. The van der Waals surface area contributed by atoms with E-state index in [9.17, 15) is 4.79 Å². The van der Waals surface area contributed by atoms with Crippen molar-refractivity contribution in [2.24, 2.45) is 0 Å². The monoisotopic (exact) mass is 186 g/mol. The largest absolute Gasteiger partial charge is 0.499 e. The first-order chi connectivity index (χ1) is 5.68. The van der Waals surface area contributed by atoms with Gasteiger partial charge in [-0.05, 0) is 29.9 Å². The maximum absolute atomic E-state index is 10.1. The highest BCUT2D eigenvalue weighted by atomic mass is 32.1. The number of hydrogen-bond acceptors (Lipinski definition) is 3. The molecule has 4 heteroatoms. The van der Waals surface area contributed by atoms with Crippen LogP contribution in [0.3, 0.4) is 0 Å². The molecule has 0 aliphatic rings. The van der Waals surface area contributed by atoms with Gasteiger partial charge in [-0.3, -0.25) is 4.79 Å². The van der Waals surface area contributed by atoms with Crippen LogP contribution in [-0.4, -0.2) is 16.2 Å². The van der Waals surface area contributed by atoms with E-state index in [1.165, 1.54) is 11.3 Å². The molecule has 0 fully saturated rings. The second-order valence-corrected chi connectivity index (χ2v) is 3.43. The van der Waals surface area contributed by atoms with E-state index in [1.807, 2.05) is 5.38 Å². The predicted molar refractivity (Wildman–Crippen MR) is 46.6 cm³/mol. The Morgan fingerprint density at radius 1 is 1.58 bits per heavy atom. The number of carboxylic acids is 1. The maximum Gasteiger partial charge on any atom is 0.303 e. The van der Waals surface area contributed by atoms with E-state index in [4.69, 9.17) is 10.2 Å². The van der Waals surface area contributed by atoms with E-state index in [0.717, 1.165) is 12.0 Å². The van der Waals surface area contributed by atoms with E-state index in [0.29, 0.717) is 11.5 Å². The van der Waals surface area contributed by atoms with Crippen LogP contribution >= 0.6 is 11.3 Å². The van der Waals surface area contributed by atoms with Crippen molar-refractivity contribution < 1.29 is 15.0 Å². The Balaban J connectivity index is 2.29. The normalized spacial score (nSPS) is 10.0. The average molecular weight is 186 g/mol. The molecule has 1 aromatic rings. The van der Waals surface area contributed by atoms with Gasteiger partial charge < -0.3 is 10.2 Å². The molecule has 0 aliphatic heterocycles. The summed E-state index contributed by atoms with van der Waals surface area (Å²) in [6, 6.07) is 1.67. The first kappa shape index (κ1) is 9.06. The van der Waals surface area contributed by atoms with Crippen molar-refractivity contribution in [1.82, 2.24) is 0 Å². The molecular weight excluding hydrogens is 176 g/mol. The molecule has 0 aromatic carbocycles. The van der Waals surface area contributed by atoms with Gasteiger partial charge in [0.05, 0.1) is 0 Å². The van der Waals surface area contributed by atoms with Gasteiger partial charge in [0.1, 0.15) is 0 Å². The molecule has 0 bridgehead atoms. The van der Waals surface area contributed by atoms with E-state index in [1.54, 1.807) is 6.07 Å². The summed E-state index contributed by atoms with van der Waals surface area (Å²) in [5.41, 5.74) is 1.01. The Hall–Kier alpha value is -1.03. The third kappa shape index (κ3) is 2.92. The summed E-state index contributed by atoms with van der Waals surface area (Å²) >= 11 is 1.27. The molecule has 0 aliphatic carbocycles. The van der Waals surface area contributed by atoms with Crippen LogP contribution in [0.2, 0.25) is 0 Å². The first-order valence-corrected chi connectivity index (χ1v) is 4.54. The van der Waals surface area contributed by atoms with Crippen molar-refractivity contribution in [3.8, 4) is 5.06 Å². The Bertz CT molecular complexity index is 267. The molecule has 0 atom stereocenters. The lowest BCUT2D eigenvalue weighted by Crippen LogP contribution is -1.94. The van der Waals surface area contributed by atoms with Gasteiger partial charge in [-0.1, -0.05) is 0 Å². The molecule has 3 nitrogen and oxygen atoms in total. The van der Waals surface area contributed by atoms with E-state index in [2.05, 4.69) is 0 Å². The molecular formula is C8H10O3S. The lowest BCUT2D eigenvalue weighted by molar-refractivity contribution is -0.137. The van der Waals surface area contributed by atoms with Crippen molar-refractivity contribution in [3.63, 3.8) is 0 Å². The van der Waals surface area contributed by atoms with Crippen molar-refractivity contribution in [1.29, 1.82) is 0 Å². The zero-order valence-electron chi connectivity index (χ0n) is 6.49. The second-order valence-electron chi connectivity index (χ2n) is 2.54. The van der Waals surface area contributed by atoms with Crippen LogP contribution in [0.5, 0.6) is 5.06 Å². The molecule has 1 aromatic heterocycles. The van der Waals surface area contributed by atoms with Gasteiger partial charge in [-0.2, -0.15) is 0 Å². The third-order valence-corrected chi connectivity index (χ3v) is 2.28. The number of carbonyl (C=O) groups is 1. The number of aromatic hydroxyl groups is 1. The number of hydrogen-bond donors (Lipinski definition) is 2. The molecule has 1 rings (SSSR count). The zero-order chi connectivity index (χ0) is 8.97. The number of aliphatic carboxylic acids is 1. The minimum absolute atomic E-state index is 0.191. The van der Waals surface area contributed by atoms with E-state index < -0.39 is 5.97 Å². The fourth-order valence-corrected chi connectivity index (χ4v) is 1.61. The summed E-state index contributed by atoms with van der Waals surface area (Å²) in [5, 5.41) is 19.5. The van der Waals surface area contributed by atoms with Crippen LogP contribution in [0.4, 0.5) is 0 Å². The van der Waals surface area contributed by atoms with E-state index >= 15 is 0 Å². The molecule has 1 heterocycles. The smallest absolute Gasteiger partial charge is 0.303 e. The molecule has 0 saturated carbocycles. The predicted octanol–water partition coefficient (Wildman–Crippen LogP) is 1.86. The minimum atomic E-state index is -0.769. The lowest BCUT2D eigenvalue weighted by Gasteiger charge is -1.93. The summed E-state index contributed by atoms with van der Waals surface area (Å²) < 4.78 is 0. The molecule has 66 valence electrons. The fraction of sp³-hybridized carbons (Fsp3) is 0.375. The maximum atomic E-state index is 10.1. The number of aryl methyl sites for hydroxylation is 1. The Kier molecular flexibility index (Phi) is 3.10. The molecule has 0 spiro atoms. The minimum Gasteiger partial charge on any atom is -0.499 e. The molecule has 0 amide bonds. The van der Waals surface area contributed by atoms with Crippen LogP contribution < -0.4 is 0 Å². The molecule has 0 unspecified atom stereocenters. The number of rotatable bonds is 4. The summed E-state index contributed by atoms with van der Waals surface area (Å²) in [5.74, 6) is -0.769. The molecule has 0 saturated heterocycles. The quantitative estimate of drug-likeness (QED) is 0.754. The summed E-state index contributed by atoms with van der Waals surface area (Å²) in [6.45, 7) is 0. The lowest BCUT2D eigenvalue weighted by atomic mass is 10.1. The van der Waals surface area contributed by atoms with Crippen molar-refractivity contribution >= 4 is 17.3 Å². The molecule has 0 radical (unpaired) electrons. The van der Waals surface area contributed by atoms with E-state index in [-0.39, 0.29) is 6.42 Å². The fourth-order valence-electron chi connectivity index (χ4n) is 0.938. The van der Waals surface area contributed by atoms with Gasteiger partial charge in [0, 0.05) is 6.42 Å². The number of carboxylic acid groups (broad SMARTS) is 1. The molecule has 12 heavy (non-hydrogen) atoms. The molecule has 2 N–H and O–H groups in total. The van der Waals surface area contributed by atoms with Crippen molar-refractivity contribution in [2.75, 3.05) is 0 Å². The zero-order valence-corrected chi connectivity index (χ0v) is 7.30. The van der Waals surface area contributed by atoms with Gasteiger partial charge in [-0.25, -0.2) is 0 Å². The topological polar surface area (TPSA) is 57.5 Å². The van der Waals surface area contributed by atoms with Crippen LogP contribution in [0, 0.1) is 0 Å². The second kappa shape index (κ2) is 4.11. The third-order valence-electron chi connectivity index (χ3n) is 1.50. The summed E-state index contributed by atoms with van der Waals surface area (Å²) in [6.07, 6.45) is 1.55. The highest BCUT2D eigenvalue weighted by Crippen LogP contribution is 2.21. The van der Waals surface area contributed by atoms with Gasteiger partial charge in [0.25, 0.3) is 0 Å². The Morgan fingerprint density at radius 3 is 2.83 bits per heavy atom. The van der Waals surface area contributed by atoms with Crippen LogP contribution in [0.15, 0.2) is 11.4 Å². The highest BCUT2D eigenvalue weighted by Gasteiger charge is 2.00. The van der Waals surface area contributed by atoms with Gasteiger partial charge in [0.2, 0.25) is 0 Å². The van der Waals surface area contributed by atoms with Crippen LogP contribution in [0.1, 0.15) is 18.4 Å². The van der Waals surface area contributed by atoms with Crippen LogP contribution in [0.25, 0.3) is 0 Å². The van der Waals surface area contributed by atoms with Crippen molar-refractivity contribution in [2.45, 2.75) is 19.3 Å². The number of thiophene rings is 1. The summed E-state index contributed by atoms with van der Waals surface area (Å²) in [4.78, 5) is 10.1. The van der Waals surface area contributed by atoms with Gasteiger partial charge >= 0.3 is 5.97 Å². The van der Waals surface area contributed by atoms with Gasteiger partial charge in [-0.15, -0.1) is 11.3 Å². The first-order valence-electron chi connectivity index (χ1n) is 3.66. The average Bonchev–Trinajstić information content (AvgIpc) is 2.35. The SMILES string of the molecule is O=C(O)CCCc1csc(O)c1. The standard InChI is InChI=1S/C8H10O3S/c9-7(10)3-1-2-6-4-8(11)12-5-6/h4-5,11H,1-3H2,(H,9,10). The van der Waals surface area contributed by atoms with Crippen LogP contribution in [-0.2, 0) is 11.2 Å². The van der Waals surface area contributed by atoms with Gasteiger partial charge in [0.15, 0.2) is 5.06 Å². The Labute approximate surface area is 74.3 Å².